The number of benzene rings is 3. The zero-order valence-corrected chi connectivity index (χ0v) is 21.6. The first-order chi connectivity index (χ1) is 18.2. The maximum atomic E-state index is 13.2. The molecule has 11 heteroatoms. The Morgan fingerprint density at radius 1 is 0.974 bits per heavy atom. The first-order valence-electron chi connectivity index (χ1n) is 11.9. The van der Waals surface area contributed by atoms with Gasteiger partial charge in [0.25, 0.3) is 5.91 Å². The number of hydrogen-bond acceptors (Lipinski definition) is 8. The molecule has 0 aliphatic carbocycles. The summed E-state index contributed by atoms with van der Waals surface area (Å²) in [7, 11) is -3.98. The van der Waals surface area contributed by atoms with Crippen LogP contribution in [0.2, 0.25) is 0 Å². The Balaban J connectivity index is 1.57. The van der Waals surface area contributed by atoms with Crippen molar-refractivity contribution in [2.75, 3.05) is 51.0 Å². The molecule has 1 aliphatic heterocycles. The molecule has 10 nitrogen and oxygen atoms in total. The number of carboxylic acids is 1. The predicted molar refractivity (Wildman–Crippen MR) is 141 cm³/mol. The number of aromatic carboxylic acids is 1. The normalized spacial score (nSPS) is 14.0. The van der Waals surface area contributed by atoms with Crippen molar-refractivity contribution in [3.63, 3.8) is 0 Å². The number of nitrogens with one attached hydrogen (secondary N) is 1. The van der Waals surface area contributed by atoms with Crippen molar-refractivity contribution in [3.8, 4) is 22.6 Å². The van der Waals surface area contributed by atoms with Crippen LogP contribution in [0.4, 0.5) is 5.69 Å². The minimum Gasteiger partial charge on any atom is -0.492 e. The lowest BCUT2D eigenvalue weighted by atomic mass is 10.0. The minimum absolute atomic E-state index is 0.0556. The van der Waals surface area contributed by atoms with Crippen LogP contribution < -0.4 is 14.2 Å². The molecule has 1 fully saturated rings. The van der Waals surface area contributed by atoms with Crippen molar-refractivity contribution < 1.29 is 36.8 Å². The summed E-state index contributed by atoms with van der Waals surface area (Å²) in [5, 5.41) is 12.2. The highest BCUT2D eigenvalue weighted by atomic mass is 32.2. The number of anilines is 1. The lowest BCUT2D eigenvalue weighted by Gasteiger charge is -2.26. The summed E-state index contributed by atoms with van der Waals surface area (Å²) in [6, 6.07) is 18.1. The molecule has 2 N–H and O–H groups in total. The fraction of sp³-hybridized carbons (Fsp3) is 0.259. The Morgan fingerprint density at radius 2 is 1.68 bits per heavy atom. The van der Waals surface area contributed by atoms with Gasteiger partial charge in [-0.3, -0.25) is 9.69 Å². The van der Waals surface area contributed by atoms with E-state index >= 15 is 0 Å². The molecule has 4 rings (SSSR count). The highest BCUT2D eigenvalue weighted by Gasteiger charge is 2.21. The largest absolute Gasteiger partial charge is 0.492 e. The van der Waals surface area contributed by atoms with Gasteiger partial charge in [0.1, 0.15) is 12.4 Å². The van der Waals surface area contributed by atoms with E-state index < -0.39 is 22.0 Å². The van der Waals surface area contributed by atoms with Gasteiger partial charge in [-0.2, -0.15) is 8.42 Å². The molecular formula is C27H28N2O8S. The van der Waals surface area contributed by atoms with Crippen molar-refractivity contribution >= 4 is 27.7 Å². The summed E-state index contributed by atoms with van der Waals surface area (Å²) in [6.45, 7) is 3.92. The zero-order chi connectivity index (χ0) is 27.1. The number of ether oxygens (including phenoxy) is 2. The maximum absolute atomic E-state index is 13.2. The van der Waals surface area contributed by atoms with Gasteiger partial charge in [-0.05, 0) is 35.4 Å². The van der Waals surface area contributed by atoms with Gasteiger partial charge in [0.05, 0.1) is 36.3 Å². The van der Waals surface area contributed by atoms with E-state index in [0.29, 0.717) is 37.7 Å². The van der Waals surface area contributed by atoms with Crippen LogP contribution in [0.15, 0.2) is 66.7 Å². The average Bonchev–Trinajstić information content (AvgIpc) is 2.89. The first kappa shape index (κ1) is 27.1. The molecular weight excluding hydrogens is 512 g/mol. The zero-order valence-electron chi connectivity index (χ0n) is 20.8. The van der Waals surface area contributed by atoms with E-state index in [4.69, 9.17) is 13.7 Å². The Morgan fingerprint density at radius 3 is 2.37 bits per heavy atom. The van der Waals surface area contributed by atoms with Crippen LogP contribution in [0.3, 0.4) is 0 Å². The minimum atomic E-state index is -3.98. The second kappa shape index (κ2) is 12.1. The highest BCUT2D eigenvalue weighted by Crippen LogP contribution is 2.30. The van der Waals surface area contributed by atoms with Crippen molar-refractivity contribution in [2.45, 2.75) is 0 Å². The second-order valence-electron chi connectivity index (χ2n) is 8.63. The van der Waals surface area contributed by atoms with Crippen LogP contribution >= 0.6 is 0 Å². The van der Waals surface area contributed by atoms with Gasteiger partial charge in [0.15, 0.2) is 5.75 Å². The van der Waals surface area contributed by atoms with E-state index in [1.165, 1.54) is 24.3 Å². The van der Waals surface area contributed by atoms with E-state index in [0.717, 1.165) is 24.9 Å². The average molecular weight is 541 g/mol. The molecule has 0 radical (unpaired) electrons. The van der Waals surface area contributed by atoms with E-state index in [1.54, 1.807) is 12.1 Å². The van der Waals surface area contributed by atoms with Gasteiger partial charge in [-0.25, -0.2) is 4.79 Å². The predicted octanol–water partition coefficient (Wildman–Crippen LogP) is 3.35. The molecule has 0 unspecified atom stereocenters. The molecule has 200 valence electrons. The standard InChI is InChI=1S/C27H28N2O8S/c1-38(33,34)37-25-18-21(36-16-13-29-11-14-35-15-12-29)8-10-23(25)26(30)28-24-17-20(7-9-22(24)27(31)32)19-5-3-2-4-6-19/h2-10,17-18H,11-16H2,1H3,(H,28,30)(H,31,32). The number of morpholine rings is 1. The SMILES string of the molecule is CS(=O)(=O)Oc1cc(OCCN2CCOCC2)ccc1C(=O)Nc1cc(-c2ccccc2)ccc1C(=O)O. The molecule has 1 saturated heterocycles. The third-order valence-electron chi connectivity index (χ3n) is 5.82. The molecule has 3 aromatic rings. The number of nitrogens with zero attached hydrogens (tertiary/aromatic N) is 1. The molecule has 0 bridgehead atoms. The third kappa shape index (κ3) is 7.31. The topological polar surface area (TPSA) is 131 Å². The fourth-order valence-corrected chi connectivity index (χ4v) is 4.43. The van der Waals surface area contributed by atoms with Gasteiger partial charge in [-0.15, -0.1) is 0 Å². The number of hydrogen-bond donors (Lipinski definition) is 2. The lowest BCUT2D eigenvalue weighted by molar-refractivity contribution is 0.0322. The summed E-state index contributed by atoms with van der Waals surface area (Å²) < 4.78 is 40.0. The maximum Gasteiger partial charge on any atom is 0.337 e. The second-order valence-corrected chi connectivity index (χ2v) is 10.2. The summed E-state index contributed by atoms with van der Waals surface area (Å²) in [4.78, 5) is 27.2. The van der Waals surface area contributed by atoms with Gasteiger partial charge in [-0.1, -0.05) is 36.4 Å². The molecule has 1 heterocycles. The highest BCUT2D eigenvalue weighted by molar-refractivity contribution is 7.86. The molecule has 0 atom stereocenters. The van der Waals surface area contributed by atoms with Crippen molar-refractivity contribution in [2.24, 2.45) is 0 Å². The number of carbonyl (C=O) groups is 2. The number of carbonyl (C=O) groups excluding carboxylic acids is 1. The number of rotatable bonds is 10. The molecule has 1 aliphatic rings. The Labute approximate surface area is 220 Å². The smallest absolute Gasteiger partial charge is 0.337 e. The number of amides is 1. The van der Waals surface area contributed by atoms with Crippen LogP contribution in [0.1, 0.15) is 20.7 Å². The van der Waals surface area contributed by atoms with Crippen molar-refractivity contribution in [1.82, 2.24) is 4.90 Å². The Hall–Kier alpha value is -3.93. The summed E-state index contributed by atoms with van der Waals surface area (Å²) in [6.07, 6.45) is 0.868. The van der Waals surface area contributed by atoms with Crippen LogP contribution in [-0.4, -0.2) is 76.0 Å². The van der Waals surface area contributed by atoms with Crippen LogP contribution in [0.25, 0.3) is 11.1 Å². The first-order valence-corrected chi connectivity index (χ1v) is 13.7. The monoisotopic (exact) mass is 540 g/mol. The van der Waals surface area contributed by atoms with Gasteiger partial charge in [0.2, 0.25) is 0 Å². The third-order valence-corrected chi connectivity index (χ3v) is 6.31. The summed E-state index contributed by atoms with van der Waals surface area (Å²) in [5.41, 5.74) is 1.37. The van der Waals surface area contributed by atoms with E-state index in [2.05, 4.69) is 10.2 Å². The molecule has 0 aromatic heterocycles. The molecule has 0 spiro atoms. The molecule has 0 saturated carbocycles. The molecule has 1 amide bonds. The Kier molecular flexibility index (Phi) is 8.62. The van der Waals surface area contributed by atoms with E-state index in [9.17, 15) is 23.1 Å². The lowest BCUT2D eigenvalue weighted by Crippen LogP contribution is -2.38. The van der Waals surface area contributed by atoms with Crippen LogP contribution in [0, 0.1) is 0 Å². The van der Waals surface area contributed by atoms with Crippen LogP contribution in [-0.2, 0) is 14.9 Å². The van der Waals surface area contributed by atoms with E-state index in [-0.39, 0.29) is 22.6 Å². The molecule has 3 aromatic carbocycles. The van der Waals surface area contributed by atoms with Crippen LogP contribution in [0.5, 0.6) is 11.5 Å². The van der Waals surface area contributed by atoms with E-state index in [1.807, 2.05) is 30.3 Å². The van der Waals surface area contributed by atoms with Gasteiger partial charge >= 0.3 is 16.1 Å². The van der Waals surface area contributed by atoms with Gasteiger partial charge < -0.3 is 24.1 Å². The Bertz CT molecular complexity index is 1400. The molecule has 38 heavy (non-hydrogen) atoms. The van der Waals surface area contributed by atoms with Crippen molar-refractivity contribution in [1.29, 1.82) is 0 Å². The van der Waals surface area contributed by atoms with Crippen molar-refractivity contribution in [3.05, 3.63) is 77.9 Å². The number of carboxylic acid groups (broad SMARTS) is 1. The fourth-order valence-electron chi connectivity index (χ4n) is 3.96. The quantitative estimate of drug-likeness (QED) is 0.372. The summed E-state index contributed by atoms with van der Waals surface area (Å²) >= 11 is 0. The van der Waals surface area contributed by atoms with Gasteiger partial charge in [0, 0.05) is 25.7 Å². The summed E-state index contributed by atoms with van der Waals surface area (Å²) in [5.74, 6) is -1.87.